The maximum atomic E-state index is 12.6. The summed E-state index contributed by atoms with van der Waals surface area (Å²) >= 11 is 0. The molecule has 3 rings (SSSR count). The molecule has 0 unspecified atom stereocenters. The first-order valence-electron chi connectivity index (χ1n) is 9.57. The summed E-state index contributed by atoms with van der Waals surface area (Å²) in [6.07, 6.45) is 6.04. The van der Waals surface area contributed by atoms with Gasteiger partial charge in [0.05, 0.1) is 25.3 Å². The van der Waals surface area contributed by atoms with Gasteiger partial charge in [-0.2, -0.15) is 5.10 Å². The number of aryl methyl sites for hydroxylation is 2. The highest BCUT2D eigenvalue weighted by atomic mass is 16.5. The summed E-state index contributed by atoms with van der Waals surface area (Å²) in [5.41, 5.74) is 0. The molecule has 1 aliphatic heterocycles. The van der Waals surface area contributed by atoms with Crippen molar-refractivity contribution in [3.05, 3.63) is 11.6 Å². The van der Waals surface area contributed by atoms with Crippen molar-refractivity contribution in [2.24, 2.45) is 0 Å². The molecule has 2 heterocycles. The van der Waals surface area contributed by atoms with Crippen molar-refractivity contribution < 1.29 is 9.53 Å². The SMILES string of the molecule is Cc1nc(C)n(C[C@H]2CN([C@@H](C)C(=O)NC3CCCCC3)CCO2)n1. The van der Waals surface area contributed by atoms with Gasteiger partial charge in [-0.25, -0.2) is 9.67 Å². The molecule has 0 spiro atoms. The van der Waals surface area contributed by atoms with Crippen LogP contribution in [0.3, 0.4) is 0 Å². The lowest BCUT2D eigenvalue weighted by Crippen LogP contribution is -2.54. The van der Waals surface area contributed by atoms with Gasteiger partial charge in [-0.05, 0) is 33.6 Å². The average molecular weight is 349 g/mol. The van der Waals surface area contributed by atoms with Gasteiger partial charge in [0, 0.05) is 19.1 Å². The smallest absolute Gasteiger partial charge is 0.237 e. The quantitative estimate of drug-likeness (QED) is 0.871. The number of rotatable bonds is 5. The first kappa shape index (κ1) is 18.3. The van der Waals surface area contributed by atoms with Gasteiger partial charge in [0.15, 0.2) is 0 Å². The molecule has 2 fully saturated rings. The third-order valence-electron chi connectivity index (χ3n) is 5.39. The van der Waals surface area contributed by atoms with Crippen LogP contribution in [-0.2, 0) is 16.1 Å². The number of amides is 1. The van der Waals surface area contributed by atoms with Crippen LogP contribution in [0.4, 0.5) is 0 Å². The summed E-state index contributed by atoms with van der Waals surface area (Å²) in [7, 11) is 0. The molecular formula is C18H31N5O2. The molecule has 1 saturated heterocycles. The molecule has 1 amide bonds. The number of ether oxygens (including phenoxy) is 1. The number of hydrogen-bond acceptors (Lipinski definition) is 5. The summed E-state index contributed by atoms with van der Waals surface area (Å²) < 4.78 is 7.79. The summed E-state index contributed by atoms with van der Waals surface area (Å²) in [5, 5.41) is 7.66. The first-order valence-corrected chi connectivity index (χ1v) is 9.57. The number of aromatic nitrogens is 3. The molecule has 0 aromatic carbocycles. The minimum Gasteiger partial charge on any atom is -0.374 e. The fourth-order valence-electron chi connectivity index (χ4n) is 3.87. The van der Waals surface area contributed by atoms with E-state index in [1.165, 1.54) is 19.3 Å². The van der Waals surface area contributed by atoms with Crippen molar-refractivity contribution in [3.63, 3.8) is 0 Å². The first-order chi connectivity index (χ1) is 12.0. The summed E-state index contributed by atoms with van der Waals surface area (Å²) in [6, 6.07) is 0.244. The average Bonchev–Trinajstić information content (AvgIpc) is 2.92. The molecule has 1 aromatic rings. The van der Waals surface area contributed by atoms with Gasteiger partial charge in [0.25, 0.3) is 0 Å². The Hall–Kier alpha value is -1.47. The maximum absolute atomic E-state index is 12.6. The number of carbonyl (C=O) groups is 1. The lowest BCUT2D eigenvalue weighted by Gasteiger charge is -2.37. The largest absolute Gasteiger partial charge is 0.374 e. The van der Waals surface area contributed by atoms with Crippen LogP contribution in [0.5, 0.6) is 0 Å². The zero-order valence-electron chi connectivity index (χ0n) is 15.7. The van der Waals surface area contributed by atoms with E-state index in [9.17, 15) is 4.79 Å². The van der Waals surface area contributed by atoms with Crippen molar-refractivity contribution >= 4 is 5.91 Å². The lowest BCUT2D eigenvalue weighted by atomic mass is 9.95. The molecule has 7 nitrogen and oxygen atoms in total. The fraction of sp³-hybridized carbons (Fsp3) is 0.833. The number of nitrogens with one attached hydrogen (secondary N) is 1. The van der Waals surface area contributed by atoms with E-state index in [-0.39, 0.29) is 18.1 Å². The summed E-state index contributed by atoms with van der Waals surface area (Å²) in [5.74, 6) is 1.84. The molecule has 1 aliphatic carbocycles. The lowest BCUT2D eigenvalue weighted by molar-refractivity contribution is -0.130. The van der Waals surface area contributed by atoms with Crippen LogP contribution >= 0.6 is 0 Å². The van der Waals surface area contributed by atoms with Gasteiger partial charge in [-0.3, -0.25) is 9.69 Å². The Balaban J connectivity index is 1.52. The van der Waals surface area contributed by atoms with Gasteiger partial charge in [0.2, 0.25) is 5.91 Å². The molecule has 1 N–H and O–H groups in total. The van der Waals surface area contributed by atoms with Crippen molar-refractivity contribution in [1.82, 2.24) is 25.0 Å². The van der Waals surface area contributed by atoms with Crippen LogP contribution in [0.15, 0.2) is 0 Å². The minimum atomic E-state index is -0.119. The van der Waals surface area contributed by atoms with E-state index in [0.717, 1.165) is 37.6 Å². The highest BCUT2D eigenvalue weighted by Gasteiger charge is 2.29. The Morgan fingerprint density at radius 3 is 2.76 bits per heavy atom. The normalized spacial score (nSPS) is 24.2. The predicted molar refractivity (Wildman–Crippen MR) is 95.3 cm³/mol. The van der Waals surface area contributed by atoms with E-state index in [4.69, 9.17) is 4.74 Å². The van der Waals surface area contributed by atoms with E-state index < -0.39 is 0 Å². The highest BCUT2D eigenvalue weighted by Crippen LogP contribution is 2.18. The Morgan fingerprint density at radius 2 is 2.08 bits per heavy atom. The molecule has 1 aromatic heterocycles. The number of carbonyl (C=O) groups excluding carboxylic acids is 1. The van der Waals surface area contributed by atoms with Crippen molar-refractivity contribution in [2.45, 2.75) is 77.6 Å². The summed E-state index contributed by atoms with van der Waals surface area (Å²) in [4.78, 5) is 19.2. The van der Waals surface area contributed by atoms with E-state index in [0.29, 0.717) is 19.2 Å². The molecule has 140 valence electrons. The fourth-order valence-corrected chi connectivity index (χ4v) is 3.87. The monoisotopic (exact) mass is 349 g/mol. The third kappa shape index (κ3) is 4.79. The highest BCUT2D eigenvalue weighted by molar-refractivity contribution is 5.81. The van der Waals surface area contributed by atoms with E-state index in [2.05, 4.69) is 20.3 Å². The van der Waals surface area contributed by atoms with Gasteiger partial charge in [-0.1, -0.05) is 19.3 Å². The van der Waals surface area contributed by atoms with Crippen LogP contribution in [0.2, 0.25) is 0 Å². The summed E-state index contributed by atoms with van der Waals surface area (Å²) in [6.45, 7) is 8.74. The maximum Gasteiger partial charge on any atom is 0.237 e. The van der Waals surface area contributed by atoms with Crippen LogP contribution in [-0.4, -0.2) is 63.5 Å². The Labute approximate surface area is 150 Å². The van der Waals surface area contributed by atoms with Crippen molar-refractivity contribution in [3.8, 4) is 0 Å². The second-order valence-corrected chi connectivity index (χ2v) is 7.40. The third-order valence-corrected chi connectivity index (χ3v) is 5.39. The Bertz CT molecular complexity index is 582. The van der Waals surface area contributed by atoms with Crippen LogP contribution in [0.1, 0.15) is 50.7 Å². The number of nitrogens with zero attached hydrogens (tertiary/aromatic N) is 4. The minimum absolute atomic E-state index is 0.0403. The Morgan fingerprint density at radius 1 is 1.32 bits per heavy atom. The zero-order chi connectivity index (χ0) is 17.8. The molecule has 25 heavy (non-hydrogen) atoms. The van der Waals surface area contributed by atoms with Crippen molar-refractivity contribution in [2.75, 3.05) is 19.7 Å². The van der Waals surface area contributed by atoms with Crippen LogP contribution in [0, 0.1) is 13.8 Å². The number of hydrogen-bond donors (Lipinski definition) is 1. The van der Waals surface area contributed by atoms with Gasteiger partial charge < -0.3 is 10.1 Å². The van der Waals surface area contributed by atoms with Gasteiger partial charge in [-0.15, -0.1) is 0 Å². The molecule has 2 aliphatic rings. The molecular weight excluding hydrogens is 318 g/mol. The second kappa shape index (κ2) is 8.27. The standard InChI is InChI=1S/C18H31N5O2/c1-13(18(24)20-16-7-5-4-6-8-16)22-9-10-25-17(11-22)12-23-15(3)19-14(2)21-23/h13,16-17H,4-12H2,1-3H3,(H,20,24)/t13-,17+/m0/s1. The van der Waals surface area contributed by atoms with E-state index in [1.54, 1.807) is 0 Å². The second-order valence-electron chi connectivity index (χ2n) is 7.40. The Kier molecular flexibility index (Phi) is 6.06. The van der Waals surface area contributed by atoms with Crippen LogP contribution in [0.25, 0.3) is 0 Å². The van der Waals surface area contributed by atoms with E-state index >= 15 is 0 Å². The zero-order valence-corrected chi connectivity index (χ0v) is 15.7. The molecule has 0 bridgehead atoms. The van der Waals surface area contributed by atoms with Crippen molar-refractivity contribution in [1.29, 1.82) is 0 Å². The van der Waals surface area contributed by atoms with Gasteiger partial charge in [0.1, 0.15) is 11.6 Å². The molecule has 1 saturated carbocycles. The topological polar surface area (TPSA) is 72.3 Å². The van der Waals surface area contributed by atoms with E-state index in [1.807, 2.05) is 25.5 Å². The molecule has 2 atom stereocenters. The predicted octanol–water partition coefficient (Wildman–Crippen LogP) is 1.43. The van der Waals surface area contributed by atoms with Gasteiger partial charge >= 0.3 is 0 Å². The van der Waals surface area contributed by atoms with Crippen LogP contribution < -0.4 is 5.32 Å². The molecule has 0 radical (unpaired) electrons. The molecule has 7 heteroatoms. The number of morpholine rings is 1.